The summed E-state index contributed by atoms with van der Waals surface area (Å²) in [7, 11) is 1.82. The van der Waals surface area contributed by atoms with Gasteiger partial charge in [0.25, 0.3) is 0 Å². The molecule has 0 bridgehead atoms. The normalized spacial score (nSPS) is 52.2. The lowest BCUT2D eigenvalue weighted by Crippen LogP contribution is -2.30. The van der Waals surface area contributed by atoms with Crippen LogP contribution in [0.2, 0.25) is 0 Å². The minimum Gasteiger partial charge on any atom is -0.378 e. The molecule has 3 atom stereocenters. The molecule has 2 rings (SSSR count). The van der Waals surface area contributed by atoms with Crippen LogP contribution in [0.5, 0.6) is 0 Å². The van der Waals surface area contributed by atoms with Crippen LogP contribution in [0, 0.1) is 5.92 Å². The van der Waals surface area contributed by atoms with Crippen molar-refractivity contribution in [3.63, 3.8) is 0 Å². The van der Waals surface area contributed by atoms with Crippen molar-refractivity contribution in [3.05, 3.63) is 0 Å². The summed E-state index contributed by atoms with van der Waals surface area (Å²) in [5.74, 6) is 0.686. The van der Waals surface area contributed by atoms with Gasteiger partial charge in [0.05, 0.1) is 11.7 Å². The van der Waals surface area contributed by atoms with Crippen molar-refractivity contribution in [2.24, 2.45) is 5.92 Å². The maximum atomic E-state index is 5.48. The SMILES string of the molecule is COC12CCOC(C)C1C2. The maximum absolute atomic E-state index is 5.48. The van der Waals surface area contributed by atoms with Gasteiger partial charge >= 0.3 is 0 Å². The molecule has 2 fully saturated rings. The Morgan fingerprint density at radius 3 is 3.00 bits per heavy atom. The molecule has 2 aliphatic rings. The molecule has 3 unspecified atom stereocenters. The van der Waals surface area contributed by atoms with E-state index >= 15 is 0 Å². The van der Waals surface area contributed by atoms with E-state index in [1.54, 1.807) is 0 Å². The summed E-state index contributed by atoms with van der Waals surface area (Å²) in [6, 6.07) is 0. The van der Waals surface area contributed by atoms with Crippen molar-refractivity contribution in [3.8, 4) is 0 Å². The molecule has 0 aromatic heterocycles. The van der Waals surface area contributed by atoms with Gasteiger partial charge in [0.1, 0.15) is 0 Å². The van der Waals surface area contributed by atoms with Crippen LogP contribution < -0.4 is 0 Å². The average molecular weight is 142 g/mol. The van der Waals surface area contributed by atoms with Crippen LogP contribution in [0.4, 0.5) is 0 Å². The van der Waals surface area contributed by atoms with Crippen molar-refractivity contribution >= 4 is 0 Å². The molecular weight excluding hydrogens is 128 g/mol. The fraction of sp³-hybridized carbons (Fsp3) is 1.00. The Balaban J connectivity index is 2.05. The molecule has 0 aromatic rings. The van der Waals surface area contributed by atoms with Crippen molar-refractivity contribution < 1.29 is 9.47 Å². The summed E-state index contributed by atoms with van der Waals surface area (Å²) in [5.41, 5.74) is 0.234. The molecule has 0 radical (unpaired) electrons. The molecule has 1 saturated carbocycles. The standard InChI is InChI=1S/C8H14O2/c1-6-7-5-8(7,9-2)3-4-10-6/h6-7H,3-5H2,1-2H3. The predicted molar refractivity (Wildman–Crippen MR) is 37.9 cm³/mol. The molecule has 1 aliphatic heterocycles. The Hall–Kier alpha value is -0.0800. The minimum absolute atomic E-state index is 0.234. The highest BCUT2D eigenvalue weighted by Gasteiger charge is 2.59. The second-order valence-corrected chi connectivity index (χ2v) is 3.41. The largest absolute Gasteiger partial charge is 0.378 e. The zero-order chi connectivity index (χ0) is 7.19. The van der Waals surface area contributed by atoms with Crippen molar-refractivity contribution in [2.75, 3.05) is 13.7 Å². The zero-order valence-corrected chi connectivity index (χ0v) is 6.59. The number of hydrogen-bond donors (Lipinski definition) is 0. The van der Waals surface area contributed by atoms with E-state index in [4.69, 9.17) is 9.47 Å². The third kappa shape index (κ3) is 0.722. The van der Waals surface area contributed by atoms with Crippen molar-refractivity contribution in [1.82, 2.24) is 0 Å². The Morgan fingerprint density at radius 2 is 2.40 bits per heavy atom. The summed E-state index contributed by atoms with van der Waals surface area (Å²) in [5, 5.41) is 0. The Labute approximate surface area is 61.5 Å². The van der Waals surface area contributed by atoms with E-state index in [1.807, 2.05) is 7.11 Å². The van der Waals surface area contributed by atoms with Crippen LogP contribution in [-0.4, -0.2) is 25.4 Å². The minimum atomic E-state index is 0.234. The highest BCUT2D eigenvalue weighted by atomic mass is 16.5. The summed E-state index contributed by atoms with van der Waals surface area (Å²) >= 11 is 0. The van der Waals surface area contributed by atoms with Crippen molar-refractivity contribution in [2.45, 2.75) is 31.5 Å². The molecule has 0 spiro atoms. The summed E-state index contributed by atoms with van der Waals surface area (Å²) < 4.78 is 10.9. The third-order valence-corrected chi connectivity index (χ3v) is 2.96. The molecule has 2 heteroatoms. The van der Waals surface area contributed by atoms with E-state index in [-0.39, 0.29) is 5.60 Å². The maximum Gasteiger partial charge on any atom is 0.0759 e. The van der Waals surface area contributed by atoms with Crippen LogP contribution >= 0.6 is 0 Å². The van der Waals surface area contributed by atoms with E-state index in [0.717, 1.165) is 13.0 Å². The summed E-state index contributed by atoms with van der Waals surface area (Å²) in [6.07, 6.45) is 2.73. The van der Waals surface area contributed by atoms with Gasteiger partial charge in [-0.3, -0.25) is 0 Å². The van der Waals surface area contributed by atoms with Crippen LogP contribution in [0.1, 0.15) is 19.8 Å². The fourth-order valence-electron chi connectivity index (χ4n) is 2.06. The second kappa shape index (κ2) is 1.95. The molecule has 1 aliphatic carbocycles. The predicted octanol–water partition coefficient (Wildman–Crippen LogP) is 1.20. The van der Waals surface area contributed by atoms with Gasteiger partial charge in [-0.15, -0.1) is 0 Å². The monoisotopic (exact) mass is 142 g/mol. The average Bonchev–Trinajstić information content (AvgIpc) is 2.65. The van der Waals surface area contributed by atoms with E-state index in [0.29, 0.717) is 12.0 Å². The molecule has 1 saturated heterocycles. The molecule has 10 heavy (non-hydrogen) atoms. The number of hydrogen-bond acceptors (Lipinski definition) is 2. The lowest BCUT2D eigenvalue weighted by Gasteiger charge is -2.25. The van der Waals surface area contributed by atoms with Gasteiger partial charge in [0.15, 0.2) is 0 Å². The van der Waals surface area contributed by atoms with Crippen LogP contribution in [-0.2, 0) is 9.47 Å². The van der Waals surface area contributed by atoms with E-state index < -0.39 is 0 Å². The Morgan fingerprint density at radius 1 is 1.60 bits per heavy atom. The van der Waals surface area contributed by atoms with Gasteiger partial charge in [0, 0.05) is 26.1 Å². The van der Waals surface area contributed by atoms with E-state index in [2.05, 4.69) is 6.92 Å². The molecule has 58 valence electrons. The number of fused-ring (bicyclic) bond motifs is 1. The first-order valence-electron chi connectivity index (χ1n) is 3.95. The lowest BCUT2D eigenvalue weighted by molar-refractivity contribution is -0.0582. The smallest absolute Gasteiger partial charge is 0.0759 e. The Bertz CT molecular complexity index is 146. The highest BCUT2D eigenvalue weighted by Crippen LogP contribution is 2.54. The third-order valence-electron chi connectivity index (χ3n) is 2.96. The number of ether oxygens (including phenoxy) is 2. The summed E-state index contributed by atoms with van der Waals surface area (Å²) in [6.45, 7) is 3.02. The first kappa shape index (κ1) is 6.62. The fourth-order valence-corrected chi connectivity index (χ4v) is 2.06. The Kier molecular flexibility index (Phi) is 1.29. The van der Waals surface area contributed by atoms with Gasteiger partial charge in [0.2, 0.25) is 0 Å². The van der Waals surface area contributed by atoms with Crippen LogP contribution in [0.25, 0.3) is 0 Å². The van der Waals surface area contributed by atoms with E-state index in [1.165, 1.54) is 6.42 Å². The first-order chi connectivity index (χ1) is 4.78. The molecule has 0 N–H and O–H groups in total. The topological polar surface area (TPSA) is 18.5 Å². The molecule has 2 nitrogen and oxygen atoms in total. The van der Waals surface area contributed by atoms with Gasteiger partial charge in [-0.05, 0) is 13.3 Å². The molecule has 1 heterocycles. The quantitative estimate of drug-likeness (QED) is 0.547. The van der Waals surface area contributed by atoms with Crippen LogP contribution in [0.15, 0.2) is 0 Å². The van der Waals surface area contributed by atoms with Gasteiger partial charge in [-0.1, -0.05) is 0 Å². The second-order valence-electron chi connectivity index (χ2n) is 3.41. The van der Waals surface area contributed by atoms with Crippen LogP contribution in [0.3, 0.4) is 0 Å². The number of rotatable bonds is 1. The molecule has 0 aromatic carbocycles. The van der Waals surface area contributed by atoms with E-state index in [9.17, 15) is 0 Å². The summed E-state index contributed by atoms with van der Waals surface area (Å²) in [4.78, 5) is 0. The zero-order valence-electron chi connectivity index (χ0n) is 6.59. The first-order valence-corrected chi connectivity index (χ1v) is 3.95. The van der Waals surface area contributed by atoms with Crippen molar-refractivity contribution in [1.29, 1.82) is 0 Å². The van der Waals surface area contributed by atoms with Gasteiger partial charge in [-0.2, -0.15) is 0 Å². The molecule has 0 amide bonds. The lowest BCUT2D eigenvalue weighted by atomic mass is 10.1. The number of methoxy groups -OCH3 is 1. The van der Waals surface area contributed by atoms with Gasteiger partial charge < -0.3 is 9.47 Å². The molecular formula is C8H14O2. The highest BCUT2D eigenvalue weighted by molar-refractivity contribution is 5.09. The van der Waals surface area contributed by atoms with Gasteiger partial charge in [-0.25, -0.2) is 0 Å².